The van der Waals surface area contributed by atoms with Gasteiger partial charge in [-0.05, 0) is 25.7 Å². The molecule has 23 heavy (non-hydrogen) atoms. The third-order valence-corrected chi connectivity index (χ3v) is 5.31. The van der Waals surface area contributed by atoms with Crippen molar-refractivity contribution in [1.82, 2.24) is 20.5 Å². The fourth-order valence-corrected chi connectivity index (χ4v) is 3.97. The van der Waals surface area contributed by atoms with E-state index in [2.05, 4.69) is 15.6 Å². The average Bonchev–Trinajstić information content (AvgIpc) is 3.25. The van der Waals surface area contributed by atoms with E-state index in [1.165, 1.54) is 30.6 Å². The van der Waals surface area contributed by atoms with E-state index in [0.29, 0.717) is 13.1 Å². The van der Waals surface area contributed by atoms with Crippen molar-refractivity contribution in [2.45, 2.75) is 63.6 Å². The summed E-state index contributed by atoms with van der Waals surface area (Å²) in [6.07, 6.45) is 7.36. The summed E-state index contributed by atoms with van der Waals surface area (Å²) < 4.78 is 0. The molecule has 0 bridgehead atoms. The summed E-state index contributed by atoms with van der Waals surface area (Å²) in [5.74, 6) is -0.0747. The SMILES string of the molecule is O=C(NCc1cscn1)C1CCCN1C(=O)NC1CCCCC1. The maximum Gasteiger partial charge on any atom is 0.318 e. The topological polar surface area (TPSA) is 74.3 Å². The first kappa shape index (κ1) is 16.2. The standard InChI is InChI=1S/C16H24N4O2S/c21-15(17-9-13-10-23-11-18-13)14-7-4-8-20(14)16(22)19-12-5-2-1-3-6-12/h10-12,14H,1-9H2,(H,17,21)(H,19,22). The number of carbonyl (C=O) groups is 2. The van der Waals surface area contributed by atoms with E-state index in [0.717, 1.165) is 31.4 Å². The Morgan fingerprint density at radius 2 is 2.04 bits per heavy atom. The van der Waals surface area contributed by atoms with Crippen LogP contribution in [-0.4, -0.2) is 40.5 Å². The number of rotatable bonds is 4. The number of urea groups is 1. The zero-order chi connectivity index (χ0) is 16.1. The normalized spacial score (nSPS) is 22.1. The molecule has 1 unspecified atom stereocenters. The van der Waals surface area contributed by atoms with E-state index < -0.39 is 0 Å². The molecule has 1 aliphatic heterocycles. The molecular formula is C16H24N4O2S. The second kappa shape index (κ2) is 7.77. The van der Waals surface area contributed by atoms with Crippen LogP contribution in [0, 0.1) is 0 Å². The molecule has 126 valence electrons. The molecule has 1 atom stereocenters. The van der Waals surface area contributed by atoms with E-state index in [4.69, 9.17) is 0 Å². The van der Waals surface area contributed by atoms with Crippen molar-refractivity contribution in [3.05, 3.63) is 16.6 Å². The van der Waals surface area contributed by atoms with Gasteiger partial charge in [0, 0.05) is 18.0 Å². The summed E-state index contributed by atoms with van der Waals surface area (Å²) in [5.41, 5.74) is 2.61. The first-order valence-corrected chi connectivity index (χ1v) is 9.40. The van der Waals surface area contributed by atoms with Crippen LogP contribution < -0.4 is 10.6 Å². The summed E-state index contributed by atoms with van der Waals surface area (Å²) in [6.45, 7) is 1.09. The molecule has 3 amide bonds. The lowest BCUT2D eigenvalue weighted by atomic mass is 9.96. The van der Waals surface area contributed by atoms with Gasteiger partial charge in [-0.1, -0.05) is 19.3 Å². The van der Waals surface area contributed by atoms with Crippen LogP contribution in [-0.2, 0) is 11.3 Å². The number of carbonyl (C=O) groups excluding carboxylic acids is 2. The summed E-state index contributed by atoms with van der Waals surface area (Å²) >= 11 is 1.51. The summed E-state index contributed by atoms with van der Waals surface area (Å²) in [5, 5.41) is 7.93. The van der Waals surface area contributed by atoms with Crippen molar-refractivity contribution in [3.8, 4) is 0 Å². The maximum atomic E-state index is 12.5. The van der Waals surface area contributed by atoms with Gasteiger partial charge in [0.05, 0.1) is 17.7 Å². The van der Waals surface area contributed by atoms with Crippen LogP contribution in [0.5, 0.6) is 0 Å². The van der Waals surface area contributed by atoms with Crippen molar-refractivity contribution in [2.24, 2.45) is 0 Å². The summed E-state index contributed by atoms with van der Waals surface area (Å²) in [6, 6.07) is -0.156. The van der Waals surface area contributed by atoms with Gasteiger partial charge in [-0.15, -0.1) is 11.3 Å². The van der Waals surface area contributed by atoms with Gasteiger partial charge in [0.2, 0.25) is 5.91 Å². The predicted octanol–water partition coefficient (Wildman–Crippen LogP) is 2.27. The lowest BCUT2D eigenvalue weighted by Crippen LogP contribution is -2.51. The smallest absolute Gasteiger partial charge is 0.318 e. The molecule has 0 aromatic carbocycles. The van der Waals surface area contributed by atoms with Crippen LogP contribution in [0.3, 0.4) is 0 Å². The van der Waals surface area contributed by atoms with Gasteiger partial charge in [0.1, 0.15) is 6.04 Å². The molecule has 6 nitrogen and oxygen atoms in total. The molecule has 1 saturated carbocycles. The van der Waals surface area contributed by atoms with Crippen LogP contribution in [0.1, 0.15) is 50.6 Å². The third kappa shape index (κ3) is 4.22. The Kier molecular flexibility index (Phi) is 5.48. The van der Waals surface area contributed by atoms with Gasteiger partial charge >= 0.3 is 6.03 Å². The Morgan fingerprint density at radius 1 is 1.22 bits per heavy atom. The highest BCUT2D eigenvalue weighted by Gasteiger charge is 2.34. The summed E-state index contributed by atoms with van der Waals surface area (Å²) in [4.78, 5) is 30.7. The van der Waals surface area contributed by atoms with Gasteiger partial charge < -0.3 is 15.5 Å². The van der Waals surface area contributed by atoms with Crippen LogP contribution in [0.4, 0.5) is 4.79 Å². The second-order valence-electron chi connectivity index (χ2n) is 6.33. The first-order chi connectivity index (χ1) is 11.2. The largest absolute Gasteiger partial charge is 0.349 e. The van der Waals surface area contributed by atoms with Crippen LogP contribution in [0.25, 0.3) is 0 Å². The molecule has 1 saturated heterocycles. The molecule has 2 heterocycles. The zero-order valence-electron chi connectivity index (χ0n) is 13.3. The van der Waals surface area contributed by atoms with Crippen molar-refractivity contribution in [2.75, 3.05) is 6.54 Å². The minimum Gasteiger partial charge on any atom is -0.349 e. The Labute approximate surface area is 140 Å². The van der Waals surface area contributed by atoms with Crippen molar-refractivity contribution in [3.63, 3.8) is 0 Å². The van der Waals surface area contributed by atoms with E-state index in [-0.39, 0.29) is 24.0 Å². The fourth-order valence-electron chi connectivity index (χ4n) is 3.41. The predicted molar refractivity (Wildman–Crippen MR) is 89.1 cm³/mol. The molecule has 0 spiro atoms. The molecule has 2 N–H and O–H groups in total. The maximum absolute atomic E-state index is 12.5. The van der Waals surface area contributed by atoms with Crippen LogP contribution >= 0.6 is 11.3 Å². The van der Waals surface area contributed by atoms with Crippen molar-refractivity contribution < 1.29 is 9.59 Å². The number of hydrogen-bond donors (Lipinski definition) is 2. The van der Waals surface area contributed by atoms with Gasteiger partial charge in [0.25, 0.3) is 0 Å². The number of hydrogen-bond acceptors (Lipinski definition) is 4. The molecule has 1 aliphatic carbocycles. The highest BCUT2D eigenvalue weighted by molar-refractivity contribution is 7.07. The van der Waals surface area contributed by atoms with Crippen molar-refractivity contribution >= 4 is 23.3 Å². The molecule has 7 heteroatoms. The molecule has 0 radical (unpaired) electrons. The number of likely N-dealkylation sites (tertiary alicyclic amines) is 1. The molecule has 1 aromatic heterocycles. The molecule has 2 aliphatic rings. The van der Waals surface area contributed by atoms with Crippen molar-refractivity contribution in [1.29, 1.82) is 0 Å². The number of nitrogens with zero attached hydrogens (tertiary/aromatic N) is 2. The van der Waals surface area contributed by atoms with E-state index in [1.807, 2.05) is 5.38 Å². The molecular weight excluding hydrogens is 312 g/mol. The third-order valence-electron chi connectivity index (χ3n) is 4.68. The van der Waals surface area contributed by atoms with Gasteiger partial charge in [-0.2, -0.15) is 0 Å². The van der Waals surface area contributed by atoms with Gasteiger partial charge in [0.15, 0.2) is 0 Å². The highest BCUT2D eigenvalue weighted by Crippen LogP contribution is 2.21. The number of aromatic nitrogens is 1. The second-order valence-corrected chi connectivity index (χ2v) is 7.05. The van der Waals surface area contributed by atoms with Gasteiger partial charge in [-0.3, -0.25) is 4.79 Å². The zero-order valence-corrected chi connectivity index (χ0v) is 14.1. The van der Waals surface area contributed by atoms with E-state index in [1.54, 1.807) is 10.4 Å². The Hall–Kier alpha value is -1.63. The molecule has 1 aromatic rings. The lowest BCUT2D eigenvalue weighted by molar-refractivity contribution is -0.124. The number of thiazole rings is 1. The monoisotopic (exact) mass is 336 g/mol. The minimum atomic E-state index is -0.350. The fraction of sp³-hybridized carbons (Fsp3) is 0.688. The summed E-state index contributed by atoms with van der Waals surface area (Å²) in [7, 11) is 0. The number of amides is 3. The number of nitrogens with one attached hydrogen (secondary N) is 2. The van der Waals surface area contributed by atoms with Crippen LogP contribution in [0.15, 0.2) is 10.9 Å². The van der Waals surface area contributed by atoms with Crippen LogP contribution in [0.2, 0.25) is 0 Å². The lowest BCUT2D eigenvalue weighted by Gasteiger charge is -2.29. The average molecular weight is 336 g/mol. The molecule has 2 fully saturated rings. The van der Waals surface area contributed by atoms with E-state index >= 15 is 0 Å². The highest BCUT2D eigenvalue weighted by atomic mass is 32.1. The molecule has 3 rings (SSSR count). The Morgan fingerprint density at radius 3 is 2.78 bits per heavy atom. The Balaban J connectivity index is 1.51. The quantitative estimate of drug-likeness (QED) is 0.886. The minimum absolute atomic E-state index is 0.0747. The Bertz CT molecular complexity index is 528. The van der Waals surface area contributed by atoms with E-state index in [9.17, 15) is 9.59 Å². The first-order valence-electron chi connectivity index (χ1n) is 8.46. The van der Waals surface area contributed by atoms with Gasteiger partial charge in [-0.25, -0.2) is 9.78 Å².